The highest BCUT2D eigenvalue weighted by atomic mass is 14.9. The fourth-order valence-corrected chi connectivity index (χ4v) is 1.74. The van der Waals surface area contributed by atoms with Crippen molar-refractivity contribution in [3.63, 3.8) is 0 Å². The van der Waals surface area contributed by atoms with Crippen LogP contribution in [0.15, 0.2) is 0 Å². The minimum absolute atomic E-state index is 0.258. The van der Waals surface area contributed by atoms with Crippen LogP contribution in [0.3, 0.4) is 0 Å². The molecule has 1 aliphatic carbocycles. The van der Waals surface area contributed by atoms with Gasteiger partial charge in [-0.2, -0.15) is 0 Å². The minimum atomic E-state index is 0.258. The highest BCUT2D eigenvalue weighted by Gasteiger charge is 2.25. The van der Waals surface area contributed by atoms with Crippen molar-refractivity contribution in [3.8, 4) is 0 Å². The first-order chi connectivity index (χ1) is 4.75. The van der Waals surface area contributed by atoms with E-state index < -0.39 is 0 Å². The molecule has 0 amide bonds. The van der Waals surface area contributed by atoms with Gasteiger partial charge in [0, 0.05) is 12.1 Å². The van der Waals surface area contributed by atoms with E-state index in [1.807, 2.05) is 0 Å². The lowest BCUT2D eigenvalue weighted by Crippen LogP contribution is -2.50. The second kappa shape index (κ2) is 3.40. The van der Waals surface area contributed by atoms with Gasteiger partial charge in [-0.15, -0.1) is 0 Å². The Hall–Kier alpha value is -0.0151. The van der Waals surface area contributed by atoms with E-state index in [4.69, 9.17) is 13.7 Å². The van der Waals surface area contributed by atoms with Crippen LogP contribution in [-0.2, 0) is 0 Å². The van der Waals surface area contributed by atoms with Gasteiger partial charge in [0.25, 0.3) is 0 Å². The third kappa shape index (κ3) is 1.52. The number of hydrogen-bond acceptors (Lipinski definition) is 2. The van der Waals surface area contributed by atoms with Crippen molar-refractivity contribution in [3.05, 3.63) is 0 Å². The molecule has 1 aliphatic rings. The minimum Gasteiger partial charge on any atom is -0.362 e. The molecule has 56 valence electrons. The summed E-state index contributed by atoms with van der Waals surface area (Å²) in [5.74, 6) is 0.633. The quantitative estimate of drug-likeness (QED) is 0.507. The zero-order valence-electron chi connectivity index (χ0n) is 6.51. The van der Waals surface area contributed by atoms with Gasteiger partial charge < -0.3 is 11.0 Å². The molecule has 0 heterocycles. The van der Waals surface area contributed by atoms with Crippen LogP contribution in [0.25, 0.3) is 0 Å². The Morgan fingerprint density at radius 2 is 2.20 bits per heavy atom. The van der Waals surface area contributed by atoms with Crippen LogP contribution in [0, 0.1) is 5.92 Å². The first kappa shape index (κ1) is 8.09. The maximum atomic E-state index is 5.84. The molecule has 10 heavy (non-hydrogen) atoms. The van der Waals surface area contributed by atoms with Gasteiger partial charge in [0.15, 0.2) is 7.98 Å². The van der Waals surface area contributed by atoms with Crippen molar-refractivity contribution in [2.75, 3.05) is 0 Å². The highest BCUT2D eigenvalue weighted by molar-refractivity contribution is 6.04. The van der Waals surface area contributed by atoms with Crippen molar-refractivity contribution in [2.45, 2.75) is 38.3 Å². The fraction of sp³-hybridized carbons (Fsp3) is 1.00. The van der Waals surface area contributed by atoms with Crippen LogP contribution < -0.4 is 11.0 Å². The average molecular weight is 138 g/mol. The van der Waals surface area contributed by atoms with E-state index in [-0.39, 0.29) is 6.04 Å². The van der Waals surface area contributed by atoms with Gasteiger partial charge in [-0.05, 0) is 18.8 Å². The number of rotatable bonds is 1. The van der Waals surface area contributed by atoms with Crippen LogP contribution in [-0.4, -0.2) is 20.1 Å². The lowest BCUT2D eigenvalue weighted by molar-refractivity contribution is 0.277. The number of nitrogens with one attached hydrogen (secondary N) is 1. The Labute approximate surface area is 64.0 Å². The molecule has 3 unspecified atom stereocenters. The summed E-state index contributed by atoms with van der Waals surface area (Å²) in [5, 5.41) is 2.78. The molecule has 2 nitrogen and oxygen atoms in total. The Morgan fingerprint density at radius 1 is 1.50 bits per heavy atom. The summed E-state index contributed by atoms with van der Waals surface area (Å²) in [6.45, 7) is 2.20. The molecule has 0 aromatic carbocycles. The van der Waals surface area contributed by atoms with Gasteiger partial charge in [-0.25, -0.2) is 0 Å². The molecule has 3 heteroatoms. The molecule has 0 aromatic heterocycles. The molecule has 2 radical (unpaired) electrons. The normalized spacial score (nSPS) is 41.6. The molecule has 0 aliphatic heterocycles. The van der Waals surface area contributed by atoms with Gasteiger partial charge in [-0.3, -0.25) is 0 Å². The topological polar surface area (TPSA) is 38.0 Å². The monoisotopic (exact) mass is 138 g/mol. The Balaban J connectivity index is 2.45. The Morgan fingerprint density at radius 3 is 2.60 bits per heavy atom. The standard InChI is InChI=1S/C7H15BN2/c1-5-3-2-4-6(9)7(5)10-8/h5-7,10H,2-4,9H2,1H3. The summed E-state index contributed by atoms with van der Waals surface area (Å²) >= 11 is 0. The van der Waals surface area contributed by atoms with Crippen molar-refractivity contribution < 1.29 is 0 Å². The van der Waals surface area contributed by atoms with Crippen LogP contribution in [0.1, 0.15) is 26.2 Å². The Kier molecular flexibility index (Phi) is 2.75. The van der Waals surface area contributed by atoms with Crippen LogP contribution in [0.2, 0.25) is 0 Å². The van der Waals surface area contributed by atoms with E-state index in [0.717, 1.165) is 6.42 Å². The summed E-state index contributed by atoms with van der Waals surface area (Å²) in [4.78, 5) is 0. The molecular weight excluding hydrogens is 123 g/mol. The van der Waals surface area contributed by atoms with Gasteiger partial charge in [0.1, 0.15) is 0 Å². The molecule has 0 aromatic rings. The molecule has 0 bridgehead atoms. The van der Waals surface area contributed by atoms with E-state index >= 15 is 0 Å². The fourth-order valence-electron chi connectivity index (χ4n) is 1.74. The van der Waals surface area contributed by atoms with Gasteiger partial charge >= 0.3 is 0 Å². The van der Waals surface area contributed by atoms with Crippen molar-refractivity contribution >= 4 is 7.98 Å². The van der Waals surface area contributed by atoms with Gasteiger partial charge in [0.05, 0.1) is 0 Å². The van der Waals surface area contributed by atoms with Crippen LogP contribution >= 0.6 is 0 Å². The van der Waals surface area contributed by atoms with Crippen LogP contribution in [0.4, 0.5) is 0 Å². The van der Waals surface area contributed by atoms with Crippen molar-refractivity contribution in [2.24, 2.45) is 11.7 Å². The number of hydrogen-bond donors (Lipinski definition) is 2. The zero-order valence-corrected chi connectivity index (χ0v) is 6.51. The lowest BCUT2D eigenvalue weighted by atomic mass is 9.82. The SMILES string of the molecule is [B]NC1C(C)CCCC1N. The largest absolute Gasteiger partial charge is 0.362 e. The second-order valence-electron chi connectivity index (χ2n) is 3.26. The van der Waals surface area contributed by atoms with E-state index in [9.17, 15) is 0 Å². The highest BCUT2D eigenvalue weighted by Crippen LogP contribution is 2.22. The summed E-state index contributed by atoms with van der Waals surface area (Å²) in [6.07, 6.45) is 3.61. The van der Waals surface area contributed by atoms with Gasteiger partial charge in [0.2, 0.25) is 0 Å². The predicted molar refractivity (Wildman–Crippen MR) is 43.7 cm³/mol. The average Bonchev–Trinajstić information content (AvgIpc) is 1.88. The predicted octanol–water partition coefficient (Wildman–Crippen LogP) is 0.175. The maximum Gasteiger partial charge on any atom is 0.178 e. The van der Waals surface area contributed by atoms with Crippen molar-refractivity contribution in [1.82, 2.24) is 5.23 Å². The van der Waals surface area contributed by atoms with Crippen LogP contribution in [0.5, 0.6) is 0 Å². The van der Waals surface area contributed by atoms with E-state index in [1.165, 1.54) is 12.8 Å². The third-order valence-corrected chi connectivity index (χ3v) is 2.46. The molecular formula is C7H15BN2. The smallest absolute Gasteiger partial charge is 0.178 e. The van der Waals surface area contributed by atoms with E-state index in [1.54, 1.807) is 0 Å². The lowest BCUT2D eigenvalue weighted by Gasteiger charge is -2.34. The maximum absolute atomic E-state index is 5.84. The molecule has 3 atom stereocenters. The third-order valence-electron chi connectivity index (χ3n) is 2.46. The Bertz CT molecular complexity index is 97.8. The first-order valence-electron chi connectivity index (χ1n) is 3.97. The van der Waals surface area contributed by atoms with E-state index in [0.29, 0.717) is 12.0 Å². The summed E-state index contributed by atoms with van der Waals surface area (Å²) in [5.41, 5.74) is 5.84. The zero-order chi connectivity index (χ0) is 7.56. The second-order valence-corrected chi connectivity index (χ2v) is 3.26. The van der Waals surface area contributed by atoms with Crippen molar-refractivity contribution in [1.29, 1.82) is 0 Å². The summed E-state index contributed by atoms with van der Waals surface area (Å²) < 4.78 is 0. The molecule has 3 N–H and O–H groups in total. The molecule has 0 saturated heterocycles. The molecule has 1 fully saturated rings. The summed E-state index contributed by atoms with van der Waals surface area (Å²) in [7, 11) is 5.35. The molecule has 1 rings (SSSR count). The van der Waals surface area contributed by atoms with Gasteiger partial charge in [-0.1, -0.05) is 13.3 Å². The summed E-state index contributed by atoms with van der Waals surface area (Å²) in [6, 6.07) is 0.586. The first-order valence-corrected chi connectivity index (χ1v) is 3.97. The molecule has 0 spiro atoms. The van der Waals surface area contributed by atoms with E-state index in [2.05, 4.69) is 12.2 Å². The number of nitrogens with two attached hydrogens (primary N) is 1. The molecule has 1 saturated carbocycles.